The normalized spacial score (nSPS) is 10.8. The van der Waals surface area contributed by atoms with Crippen LogP contribution >= 0.6 is 11.3 Å². The molecule has 0 saturated carbocycles. The minimum atomic E-state index is -0.498. The number of nitrogens with zero attached hydrogens (tertiary/aromatic N) is 2. The molecule has 0 unspecified atom stereocenters. The molecule has 0 fully saturated rings. The lowest BCUT2D eigenvalue weighted by Gasteiger charge is -2.08. The van der Waals surface area contributed by atoms with E-state index in [1.54, 1.807) is 24.3 Å². The number of nitrogens with one attached hydrogen (secondary N) is 1. The van der Waals surface area contributed by atoms with Gasteiger partial charge in [-0.25, -0.2) is 4.98 Å². The second-order valence-electron chi connectivity index (χ2n) is 6.49. The van der Waals surface area contributed by atoms with E-state index >= 15 is 0 Å². The zero-order chi connectivity index (χ0) is 20.4. The Morgan fingerprint density at radius 3 is 2.55 bits per heavy atom. The summed E-state index contributed by atoms with van der Waals surface area (Å²) in [6, 6.07) is 14.9. The number of thiazole rings is 1. The van der Waals surface area contributed by atoms with E-state index in [9.17, 15) is 9.59 Å². The maximum Gasteiger partial charge on any atom is 0.271 e. The van der Waals surface area contributed by atoms with Crippen LogP contribution in [0.5, 0.6) is 5.75 Å². The summed E-state index contributed by atoms with van der Waals surface area (Å²) in [4.78, 5) is 30.6. The molecular weight excluding hydrogens is 386 g/mol. The third kappa shape index (κ3) is 3.77. The average Bonchev–Trinajstić information content (AvgIpc) is 3.15. The first-order valence-electron chi connectivity index (χ1n) is 9.17. The Morgan fingerprint density at radius 2 is 1.86 bits per heavy atom. The van der Waals surface area contributed by atoms with Gasteiger partial charge in [0, 0.05) is 17.3 Å². The van der Waals surface area contributed by atoms with Crippen LogP contribution in [0.2, 0.25) is 0 Å². The Morgan fingerprint density at radius 1 is 1.14 bits per heavy atom. The summed E-state index contributed by atoms with van der Waals surface area (Å²) in [6.07, 6.45) is 1.33. The van der Waals surface area contributed by atoms with Gasteiger partial charge in [0.25, 0.3) is 11.5 Å². The number of aromatic nitrogens is 2. The molecule has 0 aliphatic rings. The molecular formula is C22H19N3O3S. The highest BCUT2D eigenvalue weighted by Gasteiger charge is 2.17. The molecule has 2 heterocycles. The number of ether oxygens (including phenoxy) is 1. The predicted octanol–water partition coefficient (Wildman–Crippen LogP) is 4.38. The van der Waals surface area contributed by atoms with Crippen LogP contribution < -0.4 is 15.6 Å². The van der Waals surface area contributed by atoms with Gasteiger partial charge in [-0.3, -0.25) is 14.0 Å². The fourth-order valence-electron chi connectivity index (χ4n) is 2.97. The summed E-state index contributed by atoms with van der Waals surface area (Å²) in [5.41, 5.74) is 2.92. The maximum atomic E-state index is 13.1. The third-order valence-electron chi connectivity index (χ3n) is 4.46. The lowest BCUT2D eigenvalue weighted by Crippen LogP contribution is -2.26. The van der Waals surface area contributed by atoms with Crippen LogP contribution in [0.25, 0.3) is 16.2 Å². The number of aryl methyl sites for hydroxylation is 1. The number of fused-ring (bicyclic) bond motifs is 1. The lowest BCUT2D eigenvalue weighted by atomic mass is 10.1. The summed E-state index contributed by atoms with van der Waals surface area (Å²) in [5.74, 6) is 0.219. The van der Waals surface area contributed by atoms with Crippen LogP contribution in [0.4, 0.5) is 5.69 Å². The van der Waals surface area contributed by atoms with Crippen molar-refractivity contribution in [2.45, 2.75) is 13.8 Å². The van der Waals surface area contributed by atoms with Gasteiger partial charge < -0.3 is 10.1 Å². The van der Waals surface area contributed by atoms with Gasteiger partial charge in [0.05, 0.1) is 12.3 Å². The molecule has 0 aliphatic heterocycles. The second-order valence-corrected chi connectivity index (χ2v) is 7.33. The lowest BCUT2D eigenvalue weighted by molar-refractivity contribution is 0.102. The smallest absolute Gasteiger partial charge is 0.271 e. The van der Waals surface area contributed by atoms with Crippen molar-refractivity contribution in [3.8, 4) is 17.0 Å². The van der Waals surface area contributed by atoms with Crippen LogP contribution in [0.1, 0.15) is 22.8 Å². The molecule has 2 aromatic carbocycles. The molecule has 0 bridgehead atoms. The minimum Gasteiger partial charge on any atom is -0.494 e. The third-order valence-corrected chi connectivity index (χ3v) is 5.30. The van der Waals surface area contributed by atoms with Gasteiger partial charge in [-0.05, 0) is 43.7 Å². The first kappa shape index (κ1) is 18.9. The molecule has 2 aromatic heterocycles. The van der Waals surface area contributed by atoms with Gasteiger partial charge in [-0.15, -0.1) is 11.3 Å². The monoisotopic (exact) mass is 405 g/mol. The standard InChI is InChI=1S/C22H19N3O3S/c1-3-28-17-10-8-16(9-11-17)24-20(26)18-12-23-22-25(21(18)27)19(13-29-22)15-6-4-14(2)5-7-15/h4-13H,3H2,1-2H3,(H,24,26). The maximum absolute atomic E-state index is 13.1. The van der Waals surface area contributed by atoms with Crippen molar-refractivity contribution >= 4 is 27.9 Å². The second kappa shape index (κ2) is 7.89. The zero-order valence-electron chi connectivity index (χ0n) is 16.0. The summed E-state index contributed by atoms with van der Waals surface area (Å²) < 4.78 is 6.89. The van der Waals surface area contributed by atoms with Crippen LogP contribution in [0, 0.1) is 6.92 Å². The Kier molecular flexibility index (Phi) is 5.14. The van der Waals surface area contributed by atoms with Gasteiger partial charge in [0.15, 0.2) is 4.96 Å². The topological polar surface area (TPSA) is 72.7 Å². The van der Waals surface area contributed by atoms with Gasteiger partial charge in [0.1, 0.15) is 11.3 Å². The number of benzene rings is 2. The zero-order valence-corrected chi connectivity index (χ0v) is 16.8. The Labute approximate surface area is 171 Å². The molecule has 146 valence electrons. The van der Waals surface area contributed by atoms with Crippen molar-refractivity contribution < 1.29 is 9.53 Å². The highest BCUT2D eigenvalue weighted by atomic mass is 32.1. The molecule has 1 N–H and O–H groups in total. The van der Waals surface area contributed by atoms with E-state index in [4.69, 9.17) is 4.74 Å². The molecule has 7 heteroatoms. The summed E-state index contributed by atoms with van der Waals surface area (Å²) in [5, 5.41) is 4.63. The van der Waals surface area contributed by atoms with Crippen molar-refractivity contribution in [3.05, 3.63) is 81.6 Å². The fraction of sp³-hybridized carbons (Fsp3) is 0.136. The molecule has 0 spiro atoms. The molecule has 1 amide bonds. The fourth-order valence-corrected chi connectivity index (χ4v) is 3.83. The van der Waals surface area contributed by atoms with Crippen LogP contribution in [-0.4, -0.2) is 21.9 Å². The molecule has 29 heavy (non-hydrogen) atoms. The van der Waals surface area contributed by atoms with Crippen molar-refractivity contribution in [2.75, 3.05) is 11.9 Å². The number of amides is 1. The SMILES string of the molecule is CCOc1ccc(NC(=O)c2cnc3scc(-c4ccc(C)cc4)n3c2=O)cc1. The highest BCUT2D eigenvalue weighted by Crippen LogP contribution is 2.24. The number of carbonyl (C=O) groups is 1. The van der Waals surface area contributed by atoms with E-state index in [0.29, 0.717) is 17.3 Å². The first-order valence-corrected chi connectivity index (χ1v) is 10.1. The van der Waals surface area contributed by atoms with Gasteiger partial charge in [-0.2, -0.15) is 0 Å². The van der Waals surface area contributed by atoms with E-state index < -0.39 is 11.5 Å². The summed E-state index contributed by atoms with van der Waals surface area (Å²) in [6.45, 7) is 4.48. The number of hydrogen-bond donors (Lipinski definition) is 1. The van der Waals surface area contributed by atoms with Crippen molar-refractivity contribution in [3.63, 3.8) is 0 Å². The van der Waals surface area contributed by atoms with Crippen LogP contribution in [-0.2, 0) is 0 Å². The van der Waals surface area contributed by atoms with Crippen molar-refractivity contribution in [2.24, 2.45) is 0 Å². The Balaban J connectivity index is 1.68. The molecule has 6 nitrogen and oxygen atoms in total. The van der Waals surface area contributed by atoms with Crippen LogP contribution in [0.3, 0.4) is 0 Å². The Hall–Kier alpha value is -3.45. The van der Waals surface area contributed by atoms with E-state index in [2.05, 4.69) is 10.3 Å². The van der Waals surface area contributed by atoms with Gasteiger partial charge in [0.2, 0.25) is 0 Å². The summed E-state index contributed by atoms with van der Waals surface area (Å²) >= 11 is 1.36. The number of carbonyl (C=O) groups excluding carboxylic acids is 1. The molecule has 4 rings (SSSR count). The van der Waals surface area contributed by atoms with Crippen LogP contribution in [0.15, 0.2) is 64.9 Å². The average molecular weight is 405 g/mol. The van der Waals surface area contributed by atoms with Crippen molar-refractivity contribution in [1.82, 2.24) is 9.38 Å². The highest BCUT2D eigenvalue weighted by molar-refractivity contribution is 7.15. The molecule has 4 aromatic rings. The number of rotatable bonds is 5. The van der Waals surface area contributed by atoms with Crippen molar-refractivity contribution in [1.29, 1.82) is 0 Å². The molecule has 0 saturated heterocycles. The largest absolute Gasteiger partial charge is 0.494 e. The molecule has 0 radical (unpaired) electrons. The van der Waals surface area contributed by atoms with E-state index in [-0.39, 0.29) is 5.56 Å². The minimum absolute atomic E-state index is 0.0110. The van der Waals surface area contributed by atoms with E-state index in [0.717, 1.165) is 22.6 Å². The number of anilines is 1. The van der Waals surface area contributed by atoms with E-state index in [1.807, 2.05) is 43.5 Å². The van der Waals surface area contributed by atoms with Gasteiger partial charge in [-0.1, -0.05) is 29.8 Å². The quantitative estimate of drug-likeness (QED) is 0.535. The first-order chi connectivity index (χ1) is 14.1. The number of hydrogen-bond acceptors (Lipinski definition) is 5. The summed E-state index contributed by atoms with van der Waals surface area (Å²) in [7, 11) is 0. The predicted molar refractivity (Wildman–Crippen MR) is 115 cm³/mol. The van der Waals surface area contributed by atoms with Gasteiger partial charge >= 0.3 is 0 Å². The van der Waals surface area contributed by atoms with E-state index in [1.165, 1.54) is 21.9 Å². The molecule has 0 atom stereocenters. The Bertz CT molecular complexity index is 1230. The molecule has 0 aliphatic carbocycles.